The third-order valence-electron chi connectivity index (χ3n) is 5.33. The monoisotopic (exact) mass is 500 g/mol. The maximum absolute atomic E-state index is 12.1. The minimum Gasteiger partial charge on any atom is -0.361 e. The standard InChI is InChI=1S/C21H28N8O3SSi/c1-14-11-22-21(33(3,30)31)24-18(14)16-12-29(13-32-9-10-34(4,5)6)19-15(16)7-8-17(23-19)20-25-26-27-28(20)2/h7-8,11-12H,9-10,13H2,1-6H3. The van der Waals surface area contributed by atoms with Crippen molar-refractivity contribution < 1.29 is 13.2 Å². The van der Waals surface area contributed by atoms with E-state index >= 15 is 0 Å². The number of hydrogen-bond donors (Lipinski definition) is 0. The van der Waals surface area contributed by atoms with E-state index in [0.29, 0.717) is 36.2 Å². The first kappa shape index (κ1) is 24.1. The van der Waals surface area contributed by atoms with E-state index in [1.807, 2.05) is 29.8 Å². The molecule has 13 heteroatoms. The van der Waals surface area contributed by atoms with Gasteiger partial charge in [0.15, 0.2) is 5.82 Å². The average molecular weight is 501 g/mol. The van der Waals surface area contributed by atoms with Crippen molar-refractivity contribution in [3.05, 3.63) is 30.1 Å². The van der Waals surface area contributed by atoms with Gasteiger partial charge in [-0.1, -0.05) is 19.6 Å². The molecule has 34 heavy (non-hydrogen) atoms. The Morgan fingerprint density at radius 2 is 1.91 bits per heavy atom. The van der Waals surface area contributed by atoms with Crippen LogP contribution in [-0.2, 0) is 28.4 Å². The first-order valence-corrected chi connectivity index (χ1v) is 16.4. The lowest BCUT2D eigenvalue weighted by atomic mass is 10.1. The van der Waals surface area contributed by atoms with Crippen LogP contribution in [0, 0.1) is 6.92 Å². The molecule has 0 amide bonds. The van der Waals surface area contributed by atoms with Crippen LogP contribution in [0.5, 0.6) is 0 Å². The molecule has 0 saturated carbocycles. The maximum atomic E-state index is 12.1. The van der Waals surface area contributed by atoms with E-state index in [-0.39, 0.29) is 5.16 Å². The Morgan fingerprint density at radius 3 is 2.56 bits per heavy atom. The van der Waals surface area contributed by atoms with Crippen molar-refractivity contribution in [3.63, 3.8) is 0 Å². The summed E-state index contributed by atoms with van der Waals surface area (Å²) < 4.78 is 33.6. The molecular weight excluding hydrogens is 472 g/mol. The first-order chi connectivity index (χ1) is 15.9. The minimum absolute atomic E-state index is 0.213. The van der Waals surface area contributed by atoms with Crippen LogP contribution >= 0.6 is 0 Å². The third-order valence-corrected chi connectivity index (χ3v) is 7.90. The molecule has 0 N–H and O–H groups in total. The number of tetrazole rings is 1. The molecule has 4 rings (SSSR count). The highest BCUT2D eigenvalue weighted by molar-refractivity contribution is 7.90. The molecule has 0 aliphatic carbocycles. The van der Waals surface area contributed by atoms with E-state index in [1.54, 1.807) is 11.7 Å². The fraction of sp³-hybridized carbons (Fsp3) is 0.429. The van der Waals surface area contributed by atoms with Gasteiger partial charge in [0.25, 0.3) is 0 Å². The second-order valence-corrected chi connectivity index (χ2v) is 17.0. The summed E-state index contributed by atoms with van der Waals surface area (Å²) in [4.78, 5) is 13.2. The quantitative estimate of drug-likeness (QED) is 0.203. The van der Waals surface area contributed by atoms with Crippen LogP contribution in [0.15, 0.2) is 29.7 Å². The van der Waals surface area contributed by atoms with Crippen molar-refractivity contribution in [1.29, 1.82) is 0 Å². The number of aromatic nitrogens is 8. The van der Waals surface area contributed by atoms with Crippen LogP contribution in [0.3, 0.4) is 0 Å². The predicted octanol–water partition coefficient (Wildman–Crippen LogP) is 2.71. The number of sulfone groups is 1. The van der Waals surface area contributed by atoms with E-state index in [1.165, 1.54) is 6.20 Å². The van der Waals surface area contributed by atoms with E-state index in [0.717, 1.165) is 28.8 Å². The number of pyridine rings is 1. The summed E-state index contributed by atoms with van der Waals surface area (Å²) in [5.74, 6) is 0.536. The van der Waals surface area contributed by atoms with Crippen molar-refractivity contribution in [1.82, 2.24) is 39.7 Å². The Balaban J connectivity index is 1.82. The van der Waals surface area contributed by atoms with Crippen LogP contribution in [0.2, 0.25) is 25.7 Å². The third kappa shape index (κ3) is 5.05. The van der Waals surface area contributed by atoms with Crippen molar-refractivity contribution in [3.8, 4) is 22.8 Å². The van der Waals surface area contributed by atoms with Crippen molar-refractivity contribution >= 4 is 28.9 Å². The predicted molar refractivity (Wildman–Crippen MR) is 131 cm³/mol. The topological polar surface area (TPSA) is 131 Å². The molecule has 4 aromatic rings. The van der Waals surface area contributed by atoms with Gasteiger partial charge >= 0.3 is 0 Å². The van der Waals surface area contributed by atoms with Crippen LogP contribution < -0.4 is 0 Å². The molecule has 180 valence electrons. The summed E-state index contributed by atoms with van der Waals surface area (Å²) in [6, 6.07) is 4.80. The summed E-state index contributed by atoms with van der Waals surface area (Å²) in [6.07, 6.45) is 4.52. The second-order valence-electron chi connectivity index (χ2n) is 9.51. The maximum Gasteiger partial charge on any atom is 0.247 e. The Hall–Kier alpha value is -3.03. The summed E-state index contributed by atoms with van der Waals surface area (Å²) in [5.41, 5.74) is 3.33. The summed E-state index contributed by atoms with van der Waals surface area (Å²) >= 11 is 0. The molecule has 0 bridgehead atoms. The average Bonchev–Trinajstić information content (AvgIpc) is 3.33. The summed E-state index contributed by atoms with van der Waals surface area (Å²) in [5, 5.41) is 12.3. The minimum atomic E-state index is -3.56. The molecule has 0 aromatic carbocycles. The molecule has 0 aliphatic heterocycles. The molecule has 4 aromatic heterocycles. The fourth-order valence-corrected chi connectivity index (χ4v) is 4.70. The van der Waals surface area contributed by atoms with Crippen LogP contribution in [0.25, 0.3) is 33.8 Å². The van der Waals surface area contributed by atoms with Crippen LogP contribution in [0.1, 0.15) is 5.56 Å². The lowest BCUT2D eigenvalue weighted by Gasteiger charge is -2.15. The Kier molecular flexibility index (Phi) is 6.35. The molecule has 11 nitrogen and oxygen atoms in total. The van der Waals surface area contributed by atoms with Gasteiger partial charge in [0.1, 0.15) is 18.1 Å². The highest BCUT2D eigenvalue weighted by Crippen LogP contribution is 2.32. The molecule has 0 fully saturated rings. The van der Waals surface area contributed by atoms with Gasteiger partial charge in [0.05, 0.1) is 5.69 Å². The molecule has 0 radical (unpaired) electrons. The molecule has 0 aliphatic rings. The smallest absolute Gasteiger partial charge is 0.247 e. The number of rotatable bonds is 8. The number of hydrogen-bond acceptors (Lipinski definition) is 9. The number of aryl methyl sites for hydroxylation is 2. The number of nitrogens with zero attached hydrogens (tertiary/aromatic N) is 8. The molecule has 0 spiro atoms. The van der Waals surface area contributed by atoms with E-state index in [4.69, 9.17) is 9.72 Å². The van der Waals surface area contributed by atoms with Gasteiger partial charge < -0.3 is 9.30 Å². The Labute approximate surface area is 199 Å². The van der Waals surface area contributed by atoms with Crippen molar-refractivity contribution in [2.24, 2.45) is 7.05 Å². The Morgan fingerprint density at radius 1 is 1.15 bits per heavy atom. The highest BCUT2D eigenvalue weighted by atomic mass is 32.2. The largest absolute Gasteiger partial charge is 0.361 e. The molecule has 0 saturated heterocycles. The summed E-state index contributed by atoms with van der Waals surface area (Å²) in [6.45, 7) is 9.72. The zero-order chi connectivity index (χ0) is 24.7. The van der Waals surface area contributed by atoms with E-state index in [2.05, 4.69) is 45.1 Å². The zero-order valence-corrected chi connectivity index (χ0v) is 22.0. The van der Waals surface area contributed by atoms with Gasteiger partial charge in [0, 0.05) is 51.3 Å². The lowest BCUT2D eigenvalue weighted by molar-refractivity contribution is 0.0899. The highest BCUT2D eigenvalue weighted by Gasteiger charge is 2.20. The molecule has 0 unspecified atom stereocenters. The lowest BCUT2D eigenvalue weighted by Crippen LogP contribution is -2.22. The summed E-state index contributed by atoms with van der Waals surface area (Å²) in [7, 11) is -3.04. The zero-order valence-electron chi connectivity index (χ0n) is 20.1. The molecule has 0 atom stereocenters. The van der Waals surface area contributed by atoms with Gasteiger partial charge in [-0.25, -0.2) is 28.1 Å². The van der Waals surface area contributed by atoms with Gasteiger partial charge in [-0.15, -0.1) is 5.10 Å². The molecular formula is C21H28N8O3SSi. The van der Waals surface area contributed by atoms with Gasteiger partial charge in [-0.3, -0.25) is 0 Å². The Bertz CT molecular complexity index is 1460. The SMILES string of the molecule is Cc1cnc(S(C)(=O)=O)nc1-c1cn(COCC[Si](C)(C)C)c2nc(-c3nnnn3C)ccc12. The molecule has 4 heterocycles. The second kappa shape index (κ2) is 8.96. The number of fused-ring (bicyclic) bond motifs is 1. The van der Waals surface area contributed by atoms with Crippen LogP contribution in [0.4, 0.5) is 0 Å². The van der Waals surface area contributed by atoms with Gasteiger partial charge in [0.2, 0.25) is 15.0 Å². The fourth-order valence-electron chi connectivity index (χ4n) is 3.44. The number of ether oxygens (including phenoxy) is 1. The van der Waals surface area contributed by atoms with E-state index in [9.17, 15) is 8.42 Å². The normalized spacial score (nSPS) is 12.5. The van der Waals surface area contributed by atoms with Gasteiger partial charge in [-0.2, -0.15) is 0 Å². The van der Waals surface area contributed by atoms with Gasteiger partial charge in [-0.05, 0) is 41.1 Å². The van der Waals surface area contributed by atoms with Crippen molar-refractivity contribution in [2.75, 3.05) is 12.9 Å². The van der Waals surface area contributed by atoms with E-state index < -0.39 is 17.9 Å². The van der Waals surface area contributed by atoms with Crippen molar-refractivity contribution in [2.45, 2.75) is 44.5 Å². The van der Waals surface area contributed by atoms with Crippen LogP contribution in [-0.4, -0.2) is 69.1 Å². The first-order valence-electron chi connectivity index (χ1n) is 10.8.